The predicted molar refractivity (Wildman–Crippen MR) is 132 cm³/mol. The Labute approximate surface area is 195 Å². The van der Waals surface area contributed by atoms with Crippen molar-refractivity contribution in [3.63, 3.8) is 0 Å². The first-order valence-electron chi connectivity index (χ1n) is 10.1. The molecular formula is C23H22N4O3S2. The number of carbonyl (C=O) groups excluding carboxylic acids is 1. The summed E-state index contributed by atoms with van der Waals surface area (Å²) in [6.45, 7) is 2.86. The molecule has 1 amide bonds. The van der Waals surface area contributed by atoms with Gasteiger partial charge in [-0.1, -0.05) is 60.4 Å². The number of thiocarbonyl (C=S) groups is 1. The zero-order chi connectivity index (χ0) is 22.7. The number of nitrogens with one attached hydrogen (secondary N) is 1. The van der Waals surface area contributed by atoms with Crippen molar-refractivity contribution < 1.29 is 9.53 Å². The van der Waals surface area contributed by atoms with Crippen LogP contribution >= 0.6 is 24.0 Å². The maximum absolute atomic E-state index is 13.3. The molecule has 1 saturated heterocycles. The molecule has 1 fully saturated rings. The number of hydrogen-bond acceptors (Lipinski definition) is 7. The number of fused-ring (bicyclic) bond motifs is 1. The molecule has 0 aliphatic carbocycles. The van der Waals surface area contributed by atoms with Crippen LogP contribution in [0.25, 0.3) is 11.7 Å². The van der Waals surface area contributed by atoms with E-state index in [0.29, 0.717) is 39.4 Å². The highest BCUT2D eigenvalue weighted by atomic mass is 32.2. The summed E-state index contributed by atoms with van der Waals surface area (Å²) in [6, 6.07) is 14.8. The van der Waals surface area contributed by atoms with Crippen LogP contribution in [0.4, 0.5) is 5.82 Å². The van der Waals surface area contributed by atoms with E-state index in [4.69, 9.17) is 17.0 Å². The molecule has 0 radical (unpaired) electrons. The molecule has 1 atom stereocenters. The minimum atomic E-state index is -0.267. The third-order valence-electron chi connectivity index (χ3n) is 5.14. The zero-order valence-electron chi connectivity index (χ0n) is 17.6. The highest BCUT2D eigenvalue weighted by Gasteiger charge is 2.36. The summed E-state index contributed by atoms with van der Waals surface area (Å²) in [7, 11) is 1.60. The van der Waals surface area contributed by atoms with Gasteiger partial charge in [0.15, 0.2) is 0 Å². The van der Waals surface area contributed by atoms with Gasteiger partial charge >= 0.3 is 0 Å². The molecular weight excluding hydrogens is 444 g/mol. The van der Waals surface area contributed by atoms with E-state index in [1.807, 2.05) is 43.3 Å². The molecule has 1 aliphatic rings. The largest absolute Gasteiger partial charge is 0.383 e. The molecule has 3 heterocycles. The molecule has 7 nitrogen and oxygen atoms in total. The number of nitrogens with zero attached hydrogens (tertiary/aromatic N) is 3. The first-order valence-corrected chi connectivity index (χ1v) is 11.3. The fourth-order valence-electron chi connectivity index (χ4n) is 3.46. The number of thioether (sulfide) groups is 1. The SMILES string of the molecule is COCCNc1nc2ccccn2c(=O)c1/C=C1\SC(=S)N([C@@H](C)c2ccccc2)C1=O. The molecule has 1 aliphatic heterocycles. The van der Waals surface area contributed by atoms with Crippen molar-refractivity contribution in [3.05, 3.63) is 81.1 Å². The Morgan fingerprint density at radius 1 is 1.19 bits per heavy atom. The molecule has 0 saturated carbocycles. The number of carbonyl (C=O) groups is 1. The summed E-state index contributed by atoms with van der Waals surface area (Å²) in [5.74, 6) is 0.177. The van der Waals surface area contributed by atoms with Crippen molar-refractivity contribution in [1.29, 1.82) is 0 Å². The van der Waals surface area contributed by atoms with Gasteiger partial charge in [-0.25, -0.2) is 4.98 Å². The quantitative estimate of drug-likeness (QED) is 0.323. The average molecular weight is 467 g/mol. The molecule has 0 unspecified atom stereocenters. The smallest absolute Gasteiger partial charge is 0.267 e. The summed E-state index contributed by atoms with van der Waals surface area (Å²) < 4.78 is 7.01. The normalized spacial score (nSPS) is 16.2. The molecule has 32 heavy (non-hydrogen) atoms. The zero-order valence-corrected chi connectivity index (χ0v) is 19.3. The van der Waals surface area contributed by atoms with E-state index < -0.39 is 0 Å². The van der Waals surface area contributed by atoms with Gasteiger partial charge in [0.1, 0.15) is 15.8 Å². The number of aromatic nitrogens is 2. The Morgan fingerprint density at radius 2 is 1.94 bits per heavy atom. The Kier molecular flexibility index (Phi) is 6.69. The molecule has 2 aromatic heterocycles. The van der Waals surface area contributed by atoms with E-state index in [2.05, 4.69) is 10.3 Å². The molecule has 1 N–H and O–H groups in total. The number of methoxy groups -OCH3 is 1. The van der Waals surface area contributed by atoms with Gasteiger partial charge in [0, 0.05) is 19.9 Å². The summed E-state index contributed by atoms with van der Waals surface area (Å²) in [5.41, 5.74) is 1.54. The predicted octanol–water partition coefficient (Wildman–Crippen LogP) is 3.72. The van der Waals surface area contributed by atoms with Crippen LogP contribution in [-0.2, 0) is 9.53 Å². The molecule has 3 aromatic rings. The van der Waals surface area contributed by atoms with Crippen LogP contribution in [-0.4, -0.2) is 44.8 Å². The van der Waals surface area contributed by atoms with Gasteiger partial charge in [0.25, 0.3) is 11.5 Å². The van der Waals surface area contributed by atoms with Crippen LogP contribution in [0, 0.1) is 0 Å². The summed E-state index contributed by atoms with van der Waals surface area (Å²) in [4.78, 5) is 33.1. The van der Waals surface area contributed by atoms with Crippen molar-refractivity contribution in [2.45, 2.75) is 13.0 Å². The lowest BCUT2D eigenvalue weighted by Crippen LogP contribution is -2.31. The highest BCUT2D eigenvalue weighted by Crippen LogP contribution is 2.38. The lowest BCUT2D eigenvalue weighted by Gasteiger charge is -2.23. The first-order chi connectivity index (χ1) is 15.5. The van der Waals surface area contributed by atoms with E-state index in [-0.39, 0.29) is 17.5 Å². The lowest BCUT2D eigenvalue weighted by molar-refractivity contribution is -0.123. The van der Waals surface area contributed by atoms with Crippen molar-refractivity contribution in [3.8, 4) is 0 Å². The number of hydrogen-bond donors (Lipinski definition) is 1. The van der Waals surface area contributed by atoms with Gasteiger partial charge in [-0.15, -0.1) is 0 Å². The van der Waals surface area contributed by atoms with E-state index in [1.54, 1.807) is 36.4 Å². The van der Waals surface area contributed by atoms with Gasteiger partial charge in [0.05, 0.1) is 23.1 Å². The second-order valence-electron chi connectivity index (χ2n) is 7.17. The number of amides is 1. The van der Waals surface area contributed by atoms with Crippen LogP contribution in [0.2, 0.25) is 0 Å². The van der Waals surface area contributed by atoms with Gasteiger partial charge < -0.3 is 10.1 Å². The third-order valence-corrected chi connectivity index (χ3v) is 6.47. The summed E-state index contributed by atoms with van der Waals surface area (Å²) in [6.07, 6.45) is 3.24. The Hall–Kier alpha value is -3.01. The fourth-order valence-corrected chi connectivity index (χ4v) is 4.86. The standard InChI is InChI=1S/C23H22N4O3S2/c1-15(16-8-4-3-5-9-16)27-22(29)18(32-23(27)31)14-17-20(24-11-13-30-2)25-19-10-6-7-12-26(19)21(17)28/h3-10,12,14-15,24H,11,13H2,1-2H3/b18-14-/t15-/m0/s1. The van der Waals surface area contributed by atoms with Crippen molar-refractivity contribution in [2.24, 2.45) is 0 Å². The van der Waals surface area contributed by atoms with Crippen molar-refractivity contribution >= 4 is 51.7 Å². The first kappa shape index (κ1) is 22.2. The maximum atomic E-state index is 13.3. The molecule has 4 rings (SSSR count). The van der Waals surface area contributed by atoms with Crippen LogP contribution < -0.4 is 10.9 Å². The average Bonchev–Trinajstić information content (AvgIpc) is 3.09. The van der Waals surface area contributed by atoms with Crippen LogP contribution in [0.5, 0.6) is 0 Å². The summed E-state index contributed by atoms with van der Waals surface area (Å²) >= 11 is 6.70. The Balaban J connectivity index is 1.74. The van der Waals surface area contributed by atoms with E-state index in [1.165, 1.54) is 16.2 Å². The van der Waals surface area contributed by atoms with Gasteiger partial charge in [-0.2, -0.15) is 0 Å². The molecule has 164 valence electrons. The number of anilines is 1. The van der Waals surface area contributed by atoms with Crippen LogP contribution in [0.1, 0.15) is 24.1 Å². The van der Waals surface area contributed by atoms with Gasteiger partial charge in [-0.3, -0.25) is 18.9 Å². The van der Waals surface area contributed by atoms with E-state index in [9.17, 15) is 9.59 Å². The molecule has 9 heteroatoms. The monoisotopic (exact) mass is 466 g/mol. The fraction of sp³-hybridized carbons (Fsp3) is 0.217. The topological polar surface area (TPSA) is 75.9 Å². The van der Waals surface area contributed by atoms with Crippen molar-refractivity contribution in [1.82, 2.24) is 14.3 Å². The van der Waals surface area contributed by atoms with E-state index >= 15 is 0 Å². The number of ether oxygens (including phenoxy) is 1. The number of pyridine rings is 1. The van der Waals surface area contributed by atoms with Gasteiger partial charge in [0.2, 0.25) is 0 Å². The number of rotatable bonds is 7. The van der Waals surface area contributed by atoms with Crippen molar-refractivity contribution in [2.75, 3.05) is 25.6 Å². The Morgan fingerprint density at radius 3 is 2.69 bits per heavy atom. The van der Waals surface area contributed by atoms with Gasteiger partial charge in [-0.05, 0) is 30.7 Å². The number of benzene rings is 1. The summed E-state index contributed by atoms with van der Waals surface area (Å²) in [5, 5.41) is 3.15. The third kappa shape index (κ3) is 4.32. The minimum absolute atomic E-state index is 0.218. The van der Waals surface area contributed by atoms with Crippen LogP contribution in [0.15, 0.2) is 64.4 Å². The van der Waals surface area contributed by atoms with E-state index in [0.717, 1.165) is 5.56 Å². The molecule has 0 bridgehead atoms. The second kappa shape index (κ2) is 9.64. The lowest BCUT2D eigenvalue weighted by atomic mass is 10.1. The Bertz CT molecular complexity index is 1260. The maximum Gasteiger partial charge on any atom is 0.267 e. The minimum Gasteiger partial charge on any atom is -0.383 e. The second-order valence-corrected chi connectivity index (χ2v) is 8.84. The van der Waals surface area contributed by atoms with Crippen LogP contribution in [0.3, 0.4) is 0 Å². The highest BCUT2D eigenvalue weighted by molar-refractivity contribution is 8.26. The molecule has 0 spiro atoms. The molecule has 1 aromatic carbocycles.